The first-order valence-corrected chi connectivity index (χ1v) is 5.69. The van der Waals surface area contributed by atoms with Gasteiger partial charge in [-0.2, -0.15) is 0 Å². The Balaban J connectivity index is 2.30. The quantitative estimate of drug-likeness (QED) is 0.831. The molecule has 4 nitrogen and oxygen atoms in total. The minimum absolute atomic E-state index is 0.180. The fourth-order valence-electron chi connectivity index (χ4n) is 1.68. The number of likely N-dealkylation sites (tertiary alicyclic amines) is 1. The van der Waals surface area contributed by atoms with Crippen molar-refractivity contribution in [2.24, 2.45) is 11.7 Å². The number of halogens is 2. The minimum atomic E-state index is -2.83. The molecule has 0 unspecified atom stereocenters. The monoisotopic (exact) mass is 250 g/mol. The fourth-order valence-corrected chi connectivity index (χ4v) is 1.68. The van der Waals surface area contributed by atoms with E-state index >= 15 is 0 Å². The third-order valence-corrected chi connectivity index (χ3v) is 2.49. The van der Waals surface area contributed by atoms with Crippen LogP contribution in [0.25, 0.3) is 0 Å². The van der Waals surface area contributed by atoms with E-state index in [4.69, 9.17) is 10.5 Å². The first kappa shape index (κ1) is 14.2. The lowest BCUT2D eigenvalue weighted by molar-refractivity contribution is -0.0507. The predicted octanol–water partition coefficient (Wildman–Crippen LogP) is 1.84. The van der Waals surface area contributed by atoms with Crippen molar-refractivity contribution in [1.29, 1.82) is 0 Å². The van der Waals surface area contributed by atoms with Crippen molar-refractivity contribution in [3.05, 3.63) is 0 Å². The Hall–Kier alpha value is -0.910. The lowest BCUT2D eigenvalue weighted by Crippen LogP contribution is -2.53. The highest BCUT2D eigenvalue weighted by molar-refractivity contribution is 5.69. The third-order valence-electron chi connectivity index (χ3n) is 2.49. The molecule has 1 aliphatic heterocycles. The molecule has 0 aromatic carbocycles. The zero-order valence-electron chi connectivity index (χ0n) is 10.5. The molecule has 1 rings (SSSR count). The van der Waals surface area contributed by atoms with Gasteiger partial charge in [0.1, 0.15) is 5.60 Å². The SMILES string of the molecule is CC(C)(C)OC(=O)N1CC(CC(F)(F)CN)C1. The van der Waals surface area contributed by atoms with Gasteiger partial charge in [0.05, 0.1) is 6.54 Å². The summed E-state index contributed by atoms with van der Waals surface area (Å²) in [5, 5.41) is 0. The van der Waals surface area contributed by atoms with E-state index in [1.54, 1.807) is 20.8 Å². The lowest BCUT2D eigenvalue weighted by Gasteiger charge is -2.40. The van der Waals surface area contributed by atoms with Crippen LogP contribution in [0.3, 0.4) is 0 Å². The van der Waals surface area contributed by atoms with Gasteiger partial charge in [-0.05, 0) is 20.8 Å². The summed E-state index contributed by atoms with van der Waals surface area (Å²) in [6.07, 6.45) is -0.701. The van der Waals surface area contributed by atoms with E-state index in [1.807, 2.05) is 0 Å². The normalized spacial score (nSPS) is 17.9. The summed E-state index contributed by atoms with van der Waals surface area (Å²) in [5.41, 5.74) is 4.40. The molecule has 0 spiro atoms. The van der Waals surface area contributed by atoms with Gasteiger partial charge in [-0.1, -0.05) is 0 Å². The molecular weight excluding hydrogens is 230 g/mol. The maximum absolute atomic E-state index is 13.0. The largest absolute Gasteiger partial charge is 0.444 e. The zero-order chi connectivity index (χ0) is 13.3. The van der Waals surface area contributed by atoms with Crippen molar-refractivity contribution in [3.63, 3.8) is 0 Å². The van der Waals surface area contributed by atoms with Crippen LogP contribution >= 0.6 is 0 Å². The Kier molecular flexibility index (Phi) is 3.96. The number of nitrogens with two attached hydrogens (primary N) is 1. The molecule has 0 radical (unpaired) electrons. The predicted molar refractivity (Wildman–Crippen MR) is 59.9 cm³/mol. The van der Waals surface area contributed by atoms with Crippen LogP contribution in [0.1, 0.15) is 27.2 Å². The number of hydrogen-bond acceptors (Lipinski definition) is 3. The van der Waals surface area contributed by atoms with Gasteiger partial charge in [0.2, 0.25) is 0 Å². The number of nitrogens with zero attached hydrogens (tertiary/aromatic N) is 1. The second-order valence-electron chi connectivity index (χ2n) is 5.52. The van der Waals surface area contributed by atoms with Crippen molar-refractivity contribution in [1.82, 2.24) is 4.90 Å². The van der Waals surface area contributed by atoms with E-state index in [-0.39, 0.29) is 12.3 Å². The highest BCUT2D eigenvalue weighted by atomic mass is 19.3. The summed E-state index contributed by atoms with van der Waals surface area (Å²) in [7, 11) is 0. The molecule has 0 aromatic heterocycles. The van der Waals surface area contributed by atoms with Crippen LogP contribution in [-0.2, 0) is 4.74 Å². The number of carbonyl (C=O) groups is 1. The van der Waals surface area contributed by atoms with Crippen LogP contribution < -0.4 is 5.73 Å². The number of rotatable bonds is 3. The van der Waals surface area contributed by atoms with Gasteiger partial charge in [-0.25, -0.2) is 13.6 Å². The van der Waals surface area contributed by atoms with E-state index in [9.17, 15) is 13.6 Å². The van der Waals surface area contributed by atoms with Crippen LogP contribution in [0.2, 0.25) is 0 Å². The summed E-state index contributed by atoms with van der Waals surface area (Å²) in [5.74, 6) is -3.01. The molecule has 1 saturated heterocycles. The van der Waals surface area contributed by atoms with Gasteiger partial charge in [0.15, 0.2) is 0 Å². The van der Waals surface area contributed by atoms with Crippen molar-refractivity contribution >= 4 is 6.09 Å². The molecule has 1 amide bonds. The zero-order valence-corrected chi connectivity index (χ0v) is 10.5. The molecular formula is C11H20F2N2O2. The average Bonchev–Trinajstić information content (AvgIpc) is 2.07. The molecule has 6 heteroatoms. The van der Waals surface area contributed by atoms with Crippen LogP contribution in [0, 0.1) is 5.92 Å². The van der Waals surface area contributed by atoms with Gasteiger partial charge >= 0.3 is 6.09 Å². The van der Waals surface area contributed by atoms with E-state index in [1.165, 1.54) is 4.90 Å². The average molecular weight is 250 g/mol. The molecule has 100 valence electrons. The number of hydrogen-bond donors (Lipinski definition) is 1. The smallest absolute Gasteiger partial charge is 0.410 e. The van der Waals surface area contributed by atoms with Gasteiger partial charge in [0.25, 0.3) is 5.92 Å². The van der Waals surface area contributed by atoms with E-state index < -0.39 is 24.2 Å². The number of alkyl halides is 2. The Morgan fingerprint density at radius 3 is 2.35 bits per heavy atom. The summed E-state index contributed by atoms with van der Waals surface area (Å²) in [4.78, 5) is 12.9. The van der Waals surface area contributed by atoms with Gasteiger partial charge in [-0.15, -0.1) is 0 Å². The molecule has 1 aliphatic rings. The lowest BCUT2D eigenvalue weighted by atomic mass is 9.93. The maximum atomic E-state index is 13.0. The summed E-state index contributed by atoms with van der Waals surface area (Å²) < 4.78 is 31.0. The van der Waals surface area contributed by atoms with E-state index in [0.29, 0.717) is 13.1 Å². The van der Waals surface area contributed by atoms with Crippen molar-refractivity contribution < 1.29 is 18.3 Å². The topological polar surface area (TPSA) is 55.6 Å². The van der Waals surface area contributed by atoms with Crippen molar-refractivity contribution in [2.75, 3.05) is 19.6 Å². The van der Waals surface area contributed by atoms with Gasteiger partial charge in [-0.3, -0.25) is 0 Å². The number of carbonyl (C=O) groups excluding carboxylic acids is 1. The van der Waals surface area contributed by atoms with Gasteiger partial charge in [0, 0.05) is 25.4 Å². The summed E-state index contributed by atoms with van der Waals surface area (Å²) in [6, 6.07) is 0. The van der Waals surface area contributed by atoms with Crippen LogP contribution in [0.4, 0.5) is 13.6 Å². The van der Waals surface area contributed by atoms with E-state index in [2.05, 4.69) is 0 Å². The number of amides is 1. The van der Waals surface area contributed by atoms with Crippen molar-refractivity contribution in [2.45, 2.75) is 38.7 Å². The third kappa shape index (κ3) is 4.46. The second kappa shape index (κ2) is 4.76. The minimum Gasteiger partial charge on any atom is -0.444 e. The molecule has 0 aromatic rings. The van der Waals surface area contributed by atoms with E-state index in [0.717, 1.165) is 0 Å². The Morgan fingerprint density at radius 1 is 1.41 bits per heavy atom. The fraction of sp³-hybridized carbons (Fsp3) is 0.909. The van der Waals surface area contributed by atoms with Crippen LogP contribution in [-0.4, -0.2) is 42.2 Å². The second-order valence-corrected chi connectivity index (χ2v) is 5.52. The molecule has 1 fully saturated rings. The molecule has 17 heavy (non-hydrogen) atoms. The first-order valence-electron chi connectivity index (χ1n) is 5.69. The Bertz CT molecular complexity index is 284. The first-order chi connectivity index (χ1) is 7.63. The highest BCUT2D eigenvalue weighted by Gasteiger charge is 2.39. The van der Waals surface area contributed by atoms with Crippen LogP contribution in [0.15, 0.2) is 0 Å². The number of ether oxygens (including phenoxy) is 1. The molecule has 0 saturated carbocycles. The summed E-state index contributed by atoms with van der Waals surface area (Å²) >= 11 is 0. The molecule has 0 atom stereocenters. The Labute approximate surface area is 100 Å². The maximum Gasteiger partial charge on any atom is 0.410 e. The molecule has 0 bridgehead atoms. The van der Waals surface area contributed by atoms with Crippen molar-refractivity contribution in [3.8, 4) is 0 Å². The highest BCUT2D eigenvalue weighted by Crippen LogP contribution is 2.29. The molecule has 0 aliphatic carbocycles. The van der Waals surface area contributed by atoms with Crippen LogP contribution in [0.5, 0.6) is 0 Å². The Morgan fingerprint density at radius 2 is 1.94 bits per heavy atom. The molecule has 2 N–H and O–H groups in total. The molecule has 1 heterocycles. The summed E-state index contributed by atoms with van der Waals surface area (Å²) in [6.45, 7) is 5.31. The standard InChI is InChI=1S/C11H20F2N2O2/c1-10(2,3)17-9(16)15-5-8(6-15)4-11(12,13)7-14/h8H,4-7,14H2,1-3H3. The van der Waals surface area contributed by atoms with Gasteiger partial charge < -0.3 is 15.4 Å².